The first-order chi connectivity index (χ1) is 13.3. The molecule has 0 aromatic heterocycles. The highest BCUT2D eigenvalue weighted by Gasteiger charge is 2.44. The Morgan fingerprint density at radius 1 is 0.926 bits per heavy atom. The minimum absolute atomic E-state index is 0.0248. The zero-order chi connectivity index (χ0) is 18.3. The van der Waals surface area contributed by atoms with E-state index < -0.39 is 0 Å². The number of fused-ring (bicyclic) bond motifs is 2. The summed E-state index contributed by atoms with van der Waals surface area (Å²) in [6, 6.07) is 24.5. The number of para-hydroxylation sites is 1. The molecule has 1 atom stereocenters. The molecule has 1 spiro atoms. The number of hydrogen-bond donors (Lipinski definition) is 0. The van der Waals surface area contributed by atoms with Gasteiger partial charge in [-0.05, 0) is 50.1 Å². The van der Waals surface area contributed by atoms with Crippen LogP contribution in [0.15, 0.2) is 66.7 Å². The second kappa shape index (κ2) is 6.60. The minimum Gasteiger partial charge on any atom is -0.487 e. The van der Waals surface area contributed by atoms with E-state index in [4.69, 9.17) is 4.74 Å². The van der Waals surface area contributed by atoms with Gasteiger partial charge in [-0.2, -0.15) is 0 Å². The highest BCUT2D eigenvalue weighted by Crippen LogP contribution is 2.50. The van der Waals surface area contributed by atoms with Crippen molar-refractivity contribution in [2.45, 2.75) is 50.7 Å². The van der Waals surface area contributed by atoms with Gasteiger partial charge in [-0.1, -0.05) is 54.6 Å². The van der Waals surface area contributed by atoms with Crippen LogP contribution in [0.25, 0.3) is 10.8 Å². The van der Waals surface area contributed by atoms with Crippen LogP contribution in [0.1, 0.15) is 50.6 Å². The molecule has 3 aromatic carbocycles. The van der Waals surface area contributed by atoms with E-state index in [1.54, 1.807) is 0 Å². The Balaban J connectivity index is 1.64. The van der Waals surface area contributed by atoms with E-state index in [0.717, 1.165) is 18.7 Å². The maximum absolute atomic E-state index is 6.60. The standard InChI is InChI=1S/C25H27NO/c1-2-26(22-14-9-11-19-10-3-4-12-20(19)22)23-18-25(16-7-8-17-25)27-24-15-6-5-13-21(23)24/h3-6,9-15,23H,2,7-8,16-18H2,1H3. The number of anilines is 1. The first kappa shape index (κ1) is 16.7. The van der Waals surface area contributed by atoms with Gasteiger partial charge in [-0.25, -0.2) is 0 Å². The fourth-order valence-corrected chi connectivity index (χ4v) is 5.21. The lowest BCUT2D eigenvalue weighted by Crippen LogP contribution is -2.43. The lowest BCUT2D eigenvalue weighted by Gasteiger charge is -2.45. The summed E-state index contributed by atoms with van der Waals surface area (Å²) in [5.74, 6) is 1.09. The zero-order valence-corrected chi connectivity index (χ0v) is 16.0. The summed E-state index contributed by atoms with van der Waals surface area (Å²) in [6.45, 7) is 3.27. The molecule has 1 unspecified atom stereocenters. The molecule has 27 heavy (non-hydrogen) atoms. The number of ether oxygens (including phenoxy) is 1. The molecule has 3 aromatic rings. The van der Waals surface area contributed by atoms with Gasteiger partial charge in [-0.15, -0.1) is 0 Å². The van der Waals surface area contributed by atoms with Gasteiger partial charge < -0.3 is 9.64 Å². The summed E-state index contributed by atoms with van der Waals surface area (Å²) in [7, 11) is 0. The number of hydrogen-bond acceptors (Lipinski definition) is 2. The Kier molecular flexibility index (Phi) is 4.07. The summed E-state index contributed by atoms with van der Waals surface area (Å²) >= 11 is 0. The molecule has 0 N–H and O–H groups in total. The van der Waals surface area contributed by atoms with E-state index >= 15 is 0 Å². The maximum Gasteiger partial charge on any atom is 0.125 e. The minimum atomic E-state index is 0.0248. The van der Waals surface area contributed by atoms with Gasteiger partial charge in [0.15, 0.2) is 0 Å². The van der Waals surface area contributed by atoms with Crippen LogP contribution >= 0.6 is 0 Å². The van der Waals surface area contributed by atoms with Crippen molar-refractivity contribution in [1.29, 1.82) is 0 Å². The molecule has 2 heteroatoms. The van der Waals surface area contributed by atoms with Crippen molar-refractivity contribution < 1.29 is 4.74 Å². The third-order valence-electron chi connectivity index (χ3n) is 6.48. The number of benzene rings is 3. The summed E-state index contributed by atoms with van der Waals surface area (Å²) in [4.78, 5) is 2.60. The van der Waals surface area contributed by atoms with Gasteiger partial charge >= 0.3 is 0 Å². The number of nitrogens with zero attached hydrogens (tertiary/aromatic N) is 1. The molecular formula is C25H27NO. The number of rotatable bonds is 3. The Bertz CT molecular complexity index is 952. The van der Waals surface area contributed by atoms with E-state index in [0.29, 0.717) is 6.04 Å². The van der Waals surface area contributed by atoms with Gasteiger partial charge in [-0.3, -0.25) is 0 Å². The molecule has 0 saturated heterocycles. The average Bonchev–Trinajstić information content (AvgIpc) is 3.16. The summed E-state index contributed by atoms with van der Waals surface area (Å²) < 4.78 is 6.60. The van der Waals surface area contributed by atoms with Crippen molar-refractivity contribution in [2.24, 2.45) is 0 Å². The summed E-state index contributed by atoms with van der Waals surface area (Å²) in [6.07, 6.45) is 6.03. The quantitative estimate of drug-likeness (QED) is 0.530. The SMILES string of the molecule is CCN(c1cccc2ccccc12)C1CC2(CCCC2)Oc2ccccc21. The lowest BCUT2D eigenvalue weighted by molar-refractivity contribution is 0.0414. The molecular weight excluding hydrogens is 330 g/mol. The molecule has 1 heterocycles. The Morgan fingerprint density at radius 2 is 1.67 bits per heavy atom. The van der Waals surface area contributed by atoms with Crippen molar-refractivity contribution in [1.82, 2.24) is 0 Å². The van der Waals surface area contributed by atoms with Crippen LogP contribution < -0.4 is 9.64 Å². The van der Waals surface area contributed by atoms with Crippen LogP contribution in [-0.4, -0.2) is 12.1 Å². The predicted molar refractivity (Wildman–Crippen MR) is 113 cm³/mol. The van der Waals surface area contributed by atoms with Gasteiger partial charge in [0.05, 0.1) is 6.04 Å². The van der Waals surface area contributed by atoms with Crippen LogP contribution in [0.3, 0.4) is 0 Å². The molecule has 1 fully saturated rings. The Labute approximate surface area is 161 Å². The summed E-state index contributed by atoms with van der Waals surface area (Å²) in [5, 5.41) is 2.65. The highest BCUT2D eigenvalue weighted by molar-refractivity contribution is 5.94. The van der Waals surface area contributed by atoms with Crippen LogP contribution in [0, 0.1) is 0 Å². The third-order valence-corrected chi connectivity index (χ3v) is 6.48. The summed E-state index contributed by atoms with van der Waals surface area (Å²) in [5.41, 5.74) is 2.70. The second-order valence-corrected chi connectivity index (χ2v) is 8.03. The van der Waals surface area contributed by atoms with Gasteiger partial charge in [0.2, 0.25) is 0 Å². The normalized spacial score (nSPS) is 20.4. The molecule has 0 bridgehead atoms. The van der Waals surface area contributed by atoms with Crippen LogP contribution in [0.2, 0.25) is 0 Å². The van der Waals surface area contributed by atoms with E-state index in [2.05, 4.69) is 78.6 Å². The lowest BCUT2D eigenvalue weighted by atomic mass is 9.84. The van der Waals surface area contributed by atoms with Gasteiger partial charge in [0, 0.05) is 29.6 Å². The molecule has 1 saturated carbocycles. The van der Waals surface area contributed by atoms with E-state index in [1.165, 1.54) is 47.7 Å². The van der Waals surface area contributed by atoms with E-state index in [9.17, 15) is 0 Å². The second-order valence-electron chi connectivity index (χ2n) is 8.03. The Hall–Kier alpha value is -2.48. The molecule has 2 nitrogen and oxygen atoms in total. The van der Waals surface area contributed by atoms with Gasteiger partial charge in [0.1, 0.15) is 11.4 Å². The third kappa shape index (κ3) is 2.79. The molecule has 0 amide bonds. The molecule has 1 aliphatic heterocycles. The van der Waals surface area contributed by atoms with Crippen molar-refractivity contribution in [2.75, 3.05) is 11.4 Å². The van der Waals surface area contributed by atoms with Crippen molar-refractivity contribution >= 4 is 16.5 Å². The van der Waals surface area contributed by atoms with Gasteiger partial charge in [0.25, 0.3) is 0 Å². The average molecular weight is 357 g/mol. The smallest absolute Gasteiger partial charge is 0.125 e. The van der Waals surface area contributed by atoms with Crippen LogP contribution in [-0.2, 0) is 0 Å². The first-order valence-corrected chi connectivity index (χ1v) is 10.3. The topological polar surface area (TPSA) is 12.5 Å². The largest absolute Gasteiger partial charge is 0.487 e. The van der Waals surface area contributed by atoms with E-state index in [-0.39, 0.29) is 5.60 Å². The van der Waals surface area contributed by atoms with Crippen molar-refractivity contribution in [3.63, 3.8) is 0 Å². The van der Waals surface area contributed by atoms with E-state index in [1.807, 2.05) is 0 Å². The molecule has 5 rings (SSSR count). The monoisotopic (exact) mass is 357 g/mol. The fraction of sp³-hybridized carbons (Fsp3) is 0.360. The predicted octanol–water partition coefficient (Wildman–Crippen LogP) is 6.50. The fourth-order valence-electron chi connectivity index (χ4n) is 5.21. The zero-order valence-electron chi connectivity index (χ0n) is 16.0. The Morgan fingerprint density at radius 3 is 2.52 bits per heavy atom. The van der Waals surface area contributed by atoms with Crippen LogP contribution in [0.5, 0.6) is 5.75 Å². The highest BCUT2D eigenvalue weighted by atomic mass is 16.5. The molecule has 138 valence electrons. The molecule has 2 aliphatic rings. The first-order valence-electron chi connectivity index (χ1n) is 10.3. The van der Waals surface area contributed by atoms with Crippen LogP contribution in [0.4, 0.5) is 5.69 Å². The molecule has 0 radical (unpaired) electrons. The maximum atomic E-state index is 6.60. The van der Waals surface area contributed by atoms with Crippen molar-refractivity contribution in [3.05, 3.63) is 72.3 Å². The molecule has 1 aliphatic carbocycles. The van der Waals surface area contributed by atoms with Crippen molar-refractivity contribution in [3.8, 4) is 5.75 Å².